The van der Waals surface area contributed by atoms with Crippen molar-refractivity contribution in [3.8, 4) is 0 Å². The number of hydrogen-bond donors (Lipinski definition) is 0. The van der Waals surface area contributed by atoms with Crippen LogP contribution in [0.4, 0.5) is 10.2 Å². The second-order valence-corrected chi connectivity index (χ2v) is 5.39. The topological polar surface area (TPSA) is 41.9 Å². The Hall–Kier alpha value is -1.20. The zero-order chi connectivity index (χ0) is 16.0. The highest BCUT2D eigenvalue weighted by Gasteiger charge is 2.15. The van der Waals surface area contributed by atoms with Crippen LogP contribution in [0, 0.1) is 5.82 Å². The molecule has 4 nitrogen and oxygen atoms in total. The van der Waals surface area contributed by atoms with Gasteiger partial charge in [0.25, 0.3) is 0 Å². The largest absolute Gasteiger partial charge is 0.362 e. The zero-order valence-electron chi connectivity index (χ0n) is 12.6. The van der Waals surface area contributed by atoms with Crippen LogP contribution in [0.3, 0.4) is 0 Å². The van der Waals surface area contributed by atoms with Crippen molar-refractivity contribution in [1.29, 1.82) is 0 Å². The van der Waals surface area contributed by atoms with Crippen LogP contribution in [0.5, 0.6) is 0 Å². The lowest BCUT2D eigenvalue weighted by atomic mass is 10.3. The summed E-state index contributed by atoms with van der Waals surface area (Å²) in [5.41, 5.74) is 0.0729. The van der Waals surface area contributed by atoms with Crippen LogP contribution in [-0.2, 0) is 0 Å². The van der Waals surface area contributed by atoms with Crippen molar-refractivity contribution >= 4 is 39.9 Å². The molecule has 116 valence electrons. The molecule has 2 aromatic heterocycles. The Kier molecular flexibility index (Phi) is 7.05. The number of unbranched alkanes of at least 4 members (excludes halogenated alkanes) is 2. The van der Waals surface area contributed by atoms with Gasteiger partial charge >= 0.3 is 0 Å². The molecule has 0 aliphatic heterocycles. The highest BCUT2D eigenvalue weighted by molar-refractivity contribution is 6.30. The van der Waals surface area contributed by atoms with Crippen molar-refractivity contribution < 1.29 is 4.39 Å². The van der Waals surface area contributed by atoms with Gasteiger partial charge in [-0.15, -0.1) is 0 Å². The van der Waals surface area contributed by atoms with Gasteiger partial charge in [0.1, 0.15) is 11.3 Å². The lowest BCUT2D eigenvalue weighted by molar-refractivity contribution is 0.631. The van der Waals surface area contributed by atoms with E-state index in [1.54, 1.807) is 19.0 Å². The Bertz CT molecular complexity index is 603. The van der Waals surface area contributed by atoms with Crippen molar-refractivity contribution in [2.75, 3.05) is 19.0 Å². The first kappa shape index (κ1) is 17.9. The number of fused-ring (bicyclic) bond motifs is 1. The van der Waals surface area contributed by atoms with Gasteiger partial charge < -0.3 is 4.90 Å². The molecule has 0 aromatic carbocycles. The molecule has 0 N–H and O–H groups in total. The average Bonchev–Trinajstić information content (AvgIpc) is 2.44. The molecule has 0 saturated carbocycles. The smallest absolute Gasteiger partial charge is 0.225 e. The Morgan fingerprint density at radius 3 is 2.24 bits per heavy atom. The summed E-state index contributed by atoms with van der Waals surface area (Å²) in [5.74, 6) is -0.190. The number of halogens is 3. The van der Waals surface area contributed by atoms with Crippen molar-refractivity contribution in [3.05, 3.63) is 22.5 Å². The van der Waals surface area contributed by atoms with Gasteiger partial charge in [-0.05, 0) is 11.6 Å². The number of anilines is 1. The first-order valence-electron chi connectivity index (χ1n) is 6.76. The summed E-state index contributed by atoms with van der Waals surface area (Å²) in [4.78, 5) is 13.2. The third-order valence-corrected chi connectivity index (χ3v) is 3.16. The molecule has 0 aliphatic carbocycles. The van der Waals surface area contributed by atoms with Gasteiger partial charge in [0, 0.05) is 20.3 Å². The predicted molar refractivity (Wildman–Crippen MR) is 86.8 cm³/mol. The Labute approximate surface area is 134 Å². The van der Waals surface area contributed by atoms with Crippen molar-refractivity contribution in [3.63, 3.8) is 0 Å². The van der Waals surface area contributed by atoms with Crippen LogP contribution in [0.15, 0.2) is 6.20 Å². The standard InChI is InChI=1S/C9H7Cl2FN4.C5H12/c1-16(2)8-4-3-13-7(10)5(12)6(4)14-9(11)15-8;1-3-5-4-2/h3H,1-2H3;3-5H2,1-2H3. The van der Waals surface area contributed by atoms with Gasteiger partial charge in [0.2, 0.25) is 5.28 Å². The molecule has 0 spiro atoms. The minimum atomic E-state index is -0.688. The van der Waals surface area contributed by atoms with E-state index in [1.807, 2.05) is 0 Å². The Morgan fingerprint density at radius 1 is 1.14 bits per heavy atom. The summed E-state index contributed by atoms with van der Waals surface area (Å²) in [5, 5.41) is 0.209. The van der Waals surface area contributed by atoms with Crippen LogP contribution in [0.1, 0.15) is 33.1 Å². The molecular weight excluding hydrogens is 314 g/mol. The fourth-order valence-electron chi connectivity index (χ4n) is 1.69. The van der Waals surface area contributed by atoms with E-state index in [0.29, 0.717) is 11.2 Å². The lowest BCUT2D eigenvalue weighted by Crippen LogP contribution is -2.12. The molecule has 0 unspecified atom stereocenters. The van der Waals surface area contributed by atoms with E-state index in [2.05, 4.69) is 28.8 Å². The molecule has 2 aromatic rings. The van der Waals surface area contributed by atoms with Gasteiger partial charge in [0.15, 0.2) is 11.0 Å². The number of nitrogens with zero attached hydrogens (tertiary/aromatic N) is 4. The molecule has 0 radical (unpaired) electrons. The van der Waals surface area contributed by atoms with E-state index in [-0.39, 0.29) is 16.0 Å². The normalized spacial score (nSPS) is 10.2. The number of aromatic nitrogens is 3. The van der Waals surface area contributed by atoms with Gasteiger partial charge in [-0.3, -0.25) is 0 Å². The maximum Gasteiger partial charge on any atom is 0.225 e. The van der Waals surface area contributed by atoms with E-state index >= 15 is 0 Å². The summed E-state index contributed by atoms with van der Waals surface area (Å²) < 4.78 is 13.7. The third-order valence-electron chi connectivity index (χ3n) is 2.72. The van der Waals surface area contributed by atoms with Gasteiger partial charge in [-0.1, -0.05) is 44.7 Å². The van der Waals surface area contributed by atoms with E-state index in [0.717, 1.165) is 0 Å². The zero-order valence-corrected chi connectivity index (χ0v) is 14.1. The summed E-state index contributed by atoms with van der Waals surface area (Å²) >= 11 is 11.3. The van der Waals surface area contributed by atoms with Crippen LogP contribution < -0.4 is 4.90 Å². The second-order valence-electron chi connectivity index (χ2n) is 4.69. The molecule has 2 heterocycles. The molecule has 0 atom stereocenters. The van der Waals surface area contributed by atoms with Crippen LogP contribution in [0.25, 0.3) is 10.9 Å². The van der Waals surface area contributed by atoms with Crippen LogP contribution in [0.2, 0.25) is 10.4 Å². The lowest BCUT2D eigenvalue weighted by Gasteiger charge is -2.13. The fraction of sp³-hybridized carbons (Fsp3) is 0.500. The number of hydrogen-bond acceptors (Lipinski definition) is 4. The van der Waals surface area contributed by atoms with Crippen molar-refractivity contribution in [2.45, 2.75) is 33.1 Å². The molecule has 0 bridgehead atoms. The molecule has 21 heavy (non-hydrogen) atoms. The summed E-state index contributed by atoms with van der Waals surface area (Å²) in [6.45, 7) is 4.42. The van der Waals surface area contributed by atoms with E-state index in [1.165, 1.54) is 25.5 Å². The third kappa shape index (κ3) is 4.64. The van der Waals surface area contributed by atoms with E-state index in [4.69, 9.17) is 23.2 Å². The molecule has 0 saturated heterocycles. The quantitative estimate of drug-likeness (QED) is 0.601. The minimum absolute atomic E-state index is 0.0302. The van der Waals surface area contributed by atoms with E-state index in [9.17, 15) is 4.39 Å². The van der Waals surface area contributed by atoms with Gasteiger partial charge in [-0.2, -0.15) is 4.98 Å². The molecule has 0 aliphatic rings. The Balaban J connectivity index is 0.000000383. The molecule has 0 fully saturated rings. The Morgan fingerprint density at radius 2 is 1.76 bits per heavy atom. The predicted octanol–water partition coefficient (Wildman–Crippen LogP) is 4.73. The van der Waals surface area contributed by atoms with E-state index < -0.39 is 5.82 Å². The highest BCUT2D eigenvalue weighted by Crippen LogP contribution is 2.27. The van der Waals surface area contributed by atoms with Crippen LogP contribution in [-0.4, -0.2) is 29.0 Å². The molecular formula is C14H19Cl2FN4. The number of rotatable bonds is 3. The van der Waals surface area contributed by atoms with Gasteiger partial charge in [-0.25, -0.2) is 14.4 Å². The summed E-state index contributed by atoms with van der Waals surface area (Å²) in [7, 11) is 3.54. The molecule has 0 amide bonds. The molecule has 2 rings (SSSR count). The van der Waals surface area contributed by atoms with Crippen molar-refractivity contribution in [2.24, 2.45) is 0 Å². The second kappa shape index (κ2) is 8.29. The minimum Gasteiger partial charge on any atom is -0.362 e. The summed E-state index contributed by atoms with van der Waals surface area (Å²) in [6, 6.07) is 0. The highest BCUT2D eigenvalue weighted by atomic mass is 35.5. The van der Waals surface area contributed by atoms with Gasteiger partial charge in [0.05, 0.1) is 5.39 Å². The average molecular weight is 333 g/mol. The van der Waals surface area contributed by atoms with Crippen molar-refractivity contribution in [1.82, 2.24) is 15.0 Å². The first-order chi connectivity index (χ1) is 9.92. The number of pyridine rings is 1. The maximum absolute atomic E-state index is 13.7. The fourth-order valence-corrected chi connectivity index (χ4v) is 1.99. The molecule has 7 heteroatoms. The maximum atomic E-state index is 13.7. The SMILES string of the molecule is CCCCC.CN(C)c1nc(Cl)nc2c(F)c(Cl)ncc12. The summed E-state index contributed by atoms with van der Waals surface area (Å²) in [6.07, 6.45) is 5.50. The van der Waals surface area contributed by atoms with Crippen LogP contribution >= 0.6 is 23.2 Å². The monoisotopic (exact) mass is 332 g/mol. The first-order valence-corrected chi connectivity index (χ1v) is 7.52.